The summed E-state index contributed by atoms with van der Waals surface area (Å²) < 4.78 is 0. The minimum absolute atomic E-state index is 0.630. The first-order valence-electron chi connectivity index (χ1n) is 6.75. The van der Waals surface area contributed by atoms with Gasteiger partial charge in [0.15, 0.2) is 0 Å². The highest BCUT2D eigenvalue weighted by Gasteiger charge is 2.29. The average Bonchev–Trinajstić information content (AvgIpc) is 2.33. The molecule has 1 aliphatic carbocycles. The first kappa shape index (κ1) is 13.1. The van der Waals surface area contributed by atoms with E-state index in [1.54, 1.807) is 0 Å². The molecule has 0 radical (unpaired) electrons. The zero-order valence-electron chi connectivity index (χ0n) is 11.5. The van der Waals surface area contributed by atoms with Gasteiger partial charge in [0.25, 0.3) is 0 Å². The minimum atomic E-state index is -0.715. The molecule has 1 aromatic rings. The van der Waals surface area contributed by atoms with Gasteiger partial charge in [0.2, 0.25) is 0 Å². The second-order valence-electron chi connectivity index (χ2n) is 6.07. The van der Waals surface area contributed by atoms with E-state index in [0.717, 1.165) is 12.8 Å². The molecule has 0 spiro atoms. The number of carboxylic acids is 1. The lowest BCUT2D eigenvalue weighted by atomic mass is 9.79. The van der Waals surface area contributed by atoms with Crippen LogP contribution in [0.4, 0.5) is 0 Å². The molecule has 0 atom stereocenters. The fourth-order valence-corrected chi connectivity index (χ4v) is 2.84. The minimum Gasteiger partial charge on any atom is -0.481 e. The molecule has 0 unspecified atom stereocenters. The number of aryl methyl sites for hydroxylation is 1. The largest absolute Gasteiger partial charge is 0.481 e. The van der Waals surface area contributed by atoms with Crippen molar-refractivity contribution >= 4 is 5.97 Å². The Balaban J connectivity index is 2.37. The molecule has 2 rings (SSSR count). The Labute approximate surface area is 109 Å². The van der Waals surface area contributed by atoms with Crippen molar-refractivity contribution in [3.63, 3.8) is 0 Å². The van der Waals surface area contributed by atoms with E-state index in [4.69, 9.17) is 0 Å². The number of carboxylic acid groups (broad SMARTS) is 1. The fourth-order valence-electron chi connectivity index (χ4n) is 2.84. The fraction of sp³-hybridized carbons (Fsp3) is 0.562. The van der Waals surface area contributed by atoms with Crippen molar-refractivity contribution in [2.24, 2.45) is 5.41 Å². The van der Waals surface area contributed by atoms with Gasteiger partial charge in [-0.3, -0.25) is 4.79 Å². The van der Waals surface area contributed by atoms with E-state index in [2.05, 4.69) is 19.1 Å². The molecule has 18 heavy (non-hydrogen) atoms. The molecule has 2 nitrogen and oxygen atoms in total. The average molecular weight is 246 g/mol. The summed E-state index contributed by atoms with van der Waals surface area (Å²) in [5.74, 6) is -0.715. The molecule has 1 aliphatic rings. The molecule has 98 valence electrons. The number of rotatable bonds is 3. The quantitative estimate of drug-likeness (QED) is 0.886. The van der Waals surface area contributed by atoms with Gasteiger partial charge in [-0.2, -0.15) is 0 Å². The van der Waals surface area contributed by atoms with Crippen LogP contribution in [-0.4, -0.2) is 11.1 Å². The van der Waals surface area contributed by atoms with E-state index in [1.165, 1.54) is 35.1 Å². The van der Waals surface area contributed by atoms with E-state index >= 15 is 0 Å². The van der Waals surface area contributed by atoms with Crippen molar-refractivity contribution in [2.45, 2.75) is 52.9 Å². The third-order valence-corrected chi connectivity index (χ3v) is 4.08. The SMILES string of the molecule is Cc1ccc(CC(C)(C)C(=O)O)c2c1CCCC2. The van der Waals surface area contributed by atoms with Crippen molar-refractivity contribution < 1.29 is 9.90 Å². The standard InChI is InChI=1S/C16H22O2/c1-11-8-9-12(10-16(2,3)15(17)18)14-7-5-4-6-13(11)14/h8-9H,4-7,10H2,1-3H3,(H,17,18). The molecule has 0 fully saturated rings. The molecule has 2 heteroatoms. The van der Waals surface area contributed by atoms with Crippen molar-refractivity contribution in [2.75, 3.05) is 0 Å². The topological polar surface area (TPSA) is 37.3 Å². The van der Waals surface area contributed by atoms with Crippen molar-refractivity contribution in [3.8, 4) is 0 Å². The maximum Gasteiger partial charge on any atom is 0.309 e. The Morgan fingerprint density at radius 3 is 2.44 bits per heavy atom. The summed E-state index contributed by atoms with van der Waals surface area (Å²) in [7, 11) is 0. The number of hydrogen-bond acceptors (Lipinski definition) is 1. The number of hydrogen-bond donors (Lipinski definition) is 1. The van der Waals surface area contributed by atoms with Gasteiger partial charge >= 0.3 is 5.97 Å². The lowest BCUT2D eigenvalue weighted by Gasteiger charge is -2.25. The second-order valence-corrected chi connectivity index (χ2v) is 6.07. The molecule has 0 aliphatic heterocycles. The molecule has 0 bridgehead atoms. The molecule has 0 amide bonds. The van der Waals surface area contributed by atoms with Gasteiger partial charge in [0.05, 0.1) is 5.41 Å². The van der Waals surface area contributed by atoms with Gasteiger partial charge in [-0.1, -0.05) is 12.1 Å². The Kier molecular flexibility index (Phi) is 3.47. The van der Waals surface area contributed by atoms with Gasteiger partial charge in [0, 0.05) is 0 Å². The Bertz CT molecular complexity index is 472. The molecular formula is C16H22O2. The predicted octanol–water partition coefficient (Wildman–Crippen LogP) is 3.53. The van der Waals surface area contributed by atoms with Crippen LogP contribution in [0.2, 0.25) is 0 Å². The van der Waals surface area contributed by atoms with Crippen LogP contribution in [0.15, 0.2) is 12.1 Å². The van der Waals surface area contributed by atoms with E-state index in [1.807, 2.05) is 13.8 Å². The van der Waals surface area contributed by atoms with Crippen LogP contribution in [0.3, 0.4) is 0 Å². The number of benzene rings is 1. The first-order valence-corrected chi connectivity index (χ1v) is 6.75. The predicted molar refractivity (Wildman–Crippen MR) is 72.9 cm³/mol. The second kappa shape index (κ2) is 4.75. The highest BCUT2D eigenvalue weighted by atomic mass is 16.4. The Morgan fingerprint density at radius 1 is 1.22 bits per heavy atom. The van der Waals surface area contributed by atoms with Gasteiger partial charge in [-0.25, -0.2) is 0 Å². The molecule has 0 saturated heterocycles. The lowest BCUT2D eigenvalue weighted by Crippen LogP contribution is -2.27. The summed E-state index contributed by atoms with van der Waals surface area (Å²) in [6.45, 7) is 5.78. The highest BCUT2D eigenvalue weighted by molar-refractivity contribution is 5.74. The van der Waals surface area contributed by atoms with Gasteiger partial charge in [0.1, 0.15) is 0 Å². The summed E-state index contributed by atoms with van der Waals surface area (Å²) >= 11 is 0. The maximum atomic E-state index is 11.3. The molecule has 1 N–H and O–H groups in total. The van der Waals surface area contributed by atoms with E-state index in [0.29, 0.717) is 6.42 Å². The van der Waals surface area contributed by atoms with E-state index < -0.39 is 11.4 Å². The van der Waals surface area contributed by atoms with Crippen LogP contribution in [-0.2, 0) is 24.1 Å². The highest BCUT2D eigenvalue weighted by Crippen LogP contribution is 2.31. The van der Waals surface area contributed by atoms with Gasteiger partial charge < -0.3 is 5.11 Å². The Morgan fingerprint density at radius 2 is 1.83 bits per heavy atom. The summed E-state index contributed by atoms with van der Waals surface area (Å²) in [6.07, 6.45) is 5.39. The Hall–Kier alpha value is -1.31. The van der Waals surface area contributed by atoms with Crippen LogP contribution in [0.1, 0.15) is 48.9 Å². The third-order valence-electron chi connectivity index (χ3n) is 4.08. The number of aliphatic carboxylic acids is 1. The number of fused-ring (bicyclic) bond motifs is 1. The van der Waals surface area contributed by atoms with E-state index in [-0.39, 0.29) is 0 Å². The van der Waals surface area contributed by atoms with Gasteiger partial charge in [-0.15, -0.1) is 0 Å². The van der Waals surface area contributed by atoms with Crippen molar-refractivity contribution in [1.29, 1.82) is 0 Å². The van der Waals surface area contributed by atoms with Crippen LogP contribution >= 0.6 is 0 Å². The van der Waals surface area contributed by atoms with E-state index in [9.17, 15) is 9.90 Å². The van der Waals surface area contributed by atoms with Crippen LogP contribution in [0.25, 0.3) is 0 Å². The smallest absolute Gasteiger partial charge is 0.309 e. The van der Waals surface area contributed by atoms with Crippen LogP contribution in [0.5, 0.6) is 0 Å². The van der Waals surface area contributed by atoms with Gasteiger partial charge in [-0.05, 0) is 75.1 Å². The zero-order valence-corrected chi connectivity index (χ0v) is 11.5. The summed E-state index contributed by atoms with van der Waals surface area (Å²) in [5, 5.41) is 9.26. The summed E-state index contributed by atoms with van der Waals surface area (Å²) in [5.41, 5.74) is 4.82. The summed E-state index contributed by atoms with van der Waals surface area (Å²) in [6, 6.07) is 4.28. The molecule has 0 saturated carbocycles. The van der Waals surface area contributed by atoms with Crippen LogP contribution < -0.4 is 0 Å². The molecule has 0 heterocycles. The normalized spacial score (nSPS) is 15.3. The lowest BCUT2D eigenvalue weighted by molar-refractivity contribution is -0.146. The molecule has 0 aromatic heterocycles. The molecular weight excluding hydrogens is 224 g/mol. The maximum absolute atomic E-state index is 11.3. The first-order chi connectivity index (χ1) is 8.42. The number of carbonyl (C=O) groups is 1. The van der Waals surface area contributed by atoms with Crippen molar-refractivity contribution in [1.82, 2.24) is 0 Å². The zero-order chi connectivity index (χ0) is 13.3. The summed E-state index contributed by atoms with van der Waals surface area (Å²) in [4.78, 5) is 11.3. The third kappa shape index (κ3) is 2.43. The van der Waals surface area contributed by atoms with Crippen molar-refractivity contribution in [3.05, 3.63) is 34.4 Å². The van der Waals surface area contributed by atoms with Crippen LogP contribution in [0, 0.1) is 12.3 Å². The monoisotopic (exact) mass is 246 g/mol. The molecule has 1 aromatic carbocycles.